The molecule has 0 fully saturated rings. The van der Waals surface area contributed by atoms with Crippen LogP contribution in [0.5, 0.6) is 0 Å². The maximum Gasteiger partial charge on any atom is 0.0280 e. The predicted molar refractivity (Wildman–Crippen MR) is 54.6 cm³/mol. The first-order chi connectivity index (χ1) is 6.60. The van der Waals surface area contributed by atoms with Crippen LogP contribution in [0.1, 0.15) is 41.6 Å². The van der Waals surface area contributed by atoms with Crippen LogP contribution in [0.2, 0.25) is 0 Å². The van der Waals surface area contributed by atoms with Crippen LogP contribution in [-0.4, -0.2) is 0 Å². The second-order valence-electron chi connectivity index (χ2n) is 4.34. The lowest BCUT2D eigenvalue weighted by Crippen LogP contribution is -2.11. The zero-order chi connectivity index (χ0) is 11.9. The maximum absolute atomic E-state index is 7.40. The highest BCUT2D eigenvalue weighted by molar-refractivity contribution is 5.32. The van der Waals surface area contributed by atoms with Gasteiger partial charge in [0.1, 0.15) is 0 Å². The molecule has 0 aromatic heterocycles. The normalized spacial score (nSPS) is 16.5. The Kier molecular flexibility index (Phi) is 1.42. The third kappa shape index (κ3) is 2.10. The van der Waals surface area contributed by atoms with Crippen molar-refractivity contribution in [3.05, 3.63) is 34.9 Å². The van der Waals surface area contributed by atoms with E-state index in [2.05, 4.69) is 26.8 Å². The van der Waals surface area contributed by atoms with Gasteiger partial charge in [0.05, 0.1) is 0 Å². The molecule has 0 nitrogen and oxygen atoms in total. The fraction of sp³-hybridized carbons (Fsp3) is 0.500. The highest BCUT2D eigenvalue weighted by Gasteiger charge is 2.13. The largest absolute Gasteiger partial charge is 0.0564 e. The molecule has 0 heterocycles. The third-order valence-corrected chi connectivity index (χ3v) is 1.94. The van der Waals surface area contributed by atoms with Crippen molar-refractivity contribution in [2.24, 2.45) is 0 Å². The zero-order valence-corrected chi connectivity index (χ0v) is 8.23. The summed E-state index contributed by atoms with van der Waals surface area (Å²) >= 11 is 0. The number of aryl methyl sites for hydroxylation is 2. The molecule has 0 aliphatic heterocycles. The average Bonchev–Trinajstić information content (AvgIpc) is 1.99. The molecule has 0 spiro atoms. The highest BCUT2D eigenvalue weighted by Crippen LogP contribution is 2.23. The van der Waals surface area contributed by atoms with Gasteiger partial charge in [-0.3, -0.25) is 0 Å². The second-order valence-corrected chi connectivity index (χ2v) is 4.34. The summed E-state index contributed by atoms with van der Waals surface area (Å²) in [5.74, 6) is 0. The third-order valence-electron chi connectivity index (χ3n) is 1.94. The summed E-state index contributed by atoms with van der Waals surface area (Å²) < 4.78 is 22.2. The van der Waals surface area contributed by atoms with E-state index in [4.69, 9.17) is 4.11 Å². The Morgan fingerprint density at radius 3 is 2.17 bits per heavy atom. The molecule has 0 aliphatic carbocycles. The smallest absolute Gasteiger partial charge is 0.0280 e. The van der Waals surface area contributed by atoms with Gasteiger partial charge in [-0.05, 0) is 24.8 Å². The SMILES string of the molecule is [2H]C([2H])([2H])c1cc(C)cc(C(C)(C)C)c1. The van der Waals surface area contributed by atoms with E-state index in [0.717, 1.165) is 11.1 Å². The van der Waals surface area contributed by atoms with Crippen molar-refractivity contribution in [1.82, 2.24) is 0 Å². The predicted octanol–water partition coefficient (Wildman–Crippen LogP) is 3.60. The van der Waals surface area contributed by atoms with Crippen LogP contribution < -0.4 is 0 Å². The van der Waals surface area contributed by atoms with Crippen LogP contribution in [0.25, 0.3) is 0 Å². The van der Waals surface area contributed by atoms with E-state index in [0.29, 0.717) is 5.56 Å². The van der Waals surface area contributed by atoms with Gasteiger partial charge in [0.25, 0.3) is 0 Å². The maximum atomic E-state index is 7.40. The van der Waals surface area contributed by atoms with Crippen LogP contribution in [0.15, 0.2) is 18.2 Å². The zero-order valence-electron chi connectivity index (χ0n) is 11.2. The molecule has 0 saturated carbocycles. The number of benzene rings is 1. The standard InChI is InChI=1S/C12H18/c1-9-6-10(2)8-11(7-9)12(3,4)5/h6-8H,1-5H3/i1D3. The van der Waals surface area contributed by atoms with Crippen LogP contribution in [0, 0.1) is 13.8 Å². The van der Waals surface area contributed by atoms with Gasteiger partial charge in [-0.25, -0.2) is 0 Å². The van der Waals surface area contributed by atoms with Crippen molar-refractivity contribution in [2.45, 2.75) is 40.0 Å². The molecule has 66 valence electrons. The van der Waals surface area contributed by atoms with Gasteiger partial charge in [0.2, 0.25) is 0 Å². The Bertz CT molecular complexity index is 324. The van der Waals surface area contributed by atoms with Crippen LogP contribution >= 0.6 is 0 Å². The molecule has 0 bridgehead atoms. The Morgan fingerprint density at radius 1 is 1.08 bits per heavy atom. The average molecular weight is 165 g/mol. The Hall–Kier alpha value is -0.780. The molecule has 0 saturated heterocycles. The molecule has 1 rings (SSSR count). The molecule has 0 N–H and O–H groups in total. The molecule has 0 aliphatic rings. The fourth-order valence-electron chi connectivity index (χ4n) is 1.22. The summed E-state index contributed by atoms with van der Waals surface area (Å²) in [5.41, 5.74) is 2.51. The summed E-state index contributed by atoms with van der Waals surface area (Å²) in [4.78, 5) is 0. The van der Waals surface area contributed by atoms with Gasteiger partial charge in [0.15, 0.2) is 0 Å². The molecule has 1 aromatic rings. The Balaban J connectivity index is 3.30. The van der Waals surface area contributed by atoms with Gasteiger partial charge in [0, 0.05) is 4.11 Å². The molecular formula is C12H18. The minimum Gasteiger partial charge on any atom is -0.0564 e. The molecule has 0 heteroatoms. The quantitative estimate of drug-likeness (QED) is 0.551. The molecular weight excluding hydrogens is 144 g/mol. The number of rotatable bonds is 0. The van der Waals surface area contributed by atoms with Crippen LogP contribution in [0.4, 0.5) is 0 Å². The van der Waals surface area contributed by atoms with Crippen LogP contribution in [0.3, 0.4) is 0 Å². The van der Waals surface area contributed by atoms with E-state index in [1.165, 1.54) is 0 Å². The number of hydrogen-bond donors (Lipinski definition) is 0. The van der Waals surface area contributed by atoms with Gasteiger partial charge >= 0.3 is 0 Å². The monoisotopic (exact) mass is 165 g/mol. The summed E-state index contributed by atoms with van der Waals surface area (Å²) in [7, 11) is 0. The molecule has 0 atom stereocenters. The van der Waals surface area contributed by atoms with Crippen molar-refractivity contribution in [1.29, 1.82) is 0 Å². The first-order valence-electron chi connectivity index (χ1n) is 5.73. The van der Waals surface area contributed by atoms with E-state index >= 15 is 0 Å². The van der Waals surface area contributed by atoms with E-state index in [9.17, 15) is 0 Å². The highest BCUT2D eigenvalue weighted by atomic mass is 14.2. The molecule has 1 aromatic carbocycles. The first kappa shape index (κ1) is 5.80. The van der Waals surface area contributed by atoms with Gasteiger partial charge < -0.3 is 0 Å². The lowest BCUT2D eigenvalue weighted by atomic mass is 9.85. The second kappa shape index (κ2) is 2.93. The van der Waals surface area contributed by atoms with E-state index < -0.39 is 6.85 Å². The first-order valence-corrected chi connectivity index (χ1v) is 4.23. The number of hydrogen-bond acceptors (Lipinski definition) is 0. The Labute approximate surface area is 79.8 Å². The molecule has 0 radical (unpaired) electrons. The van der Waals surface area contributed by atoms with Gasteiger partial charge in [-0.15, -0.1) is 0 Å². The molecule has 0 unspecified atom stereocenters. The topological polar surface area (TPSA) is 0 Å². The van der Waals surface area contributed by atoms with Crippen molar-refractivity contribution in [2.75, 3.05) is 0 Å². The van der Waals surface area contributed by atoms with E-state index in [1.54, 1.807) is 12.1 Å². The van der Waals surface area contributed by atoms with Crippen molar-refractivity contribution < 1.29 is 4.11 Å². The molecule has 12 heavy (non-hydrogen) atoms. The minimum absolute atomic E-state index is 0.00792. The lowest BCUT2D eigenvalue weighted by Gasteiger charge is -2.20. The van der Waals surface area contributed by atoms with Gasteiger partial charge in [-0.1, -0.05) is 50.1 Å². The van der Waals surface area contributed by atoms with Crippen molar-refractivity contribution in [3.8, 4) is 0 Å². The summed E-state index contributed by atoms with van der Waals surface area (Å²) in [6.07, 6.45) is 0. The lowest BCUT2D eigenvalue weighted by molar-refractivity contribution is 0.589. The van der Waals surface area contributed by atoms with Gasteiger partial charge in [-0.2, -0.15) is 0 Å². The van der Waals surface area contributed by atoms with Crippen LogP contribution in [-0.2, 0) is 5.41 Å². The van der Waals surface area contributed by atoms with E-state index in [1.807, 2.05) is 6.92 Å². The van der Waals surface area contributed by atoms with Crippen molar-refractivity contribution >= 4 is 0 Å². The summed E-state index contributed by atoms with van der Waals surface area (Å²) in [6, 6.07) is 5.58. The fourth-order valence-corrected chi connectivity index (χ4v) is 1.22. The summed E-state index contributed by atoms with van der Waals surface area (Å²) in [6.45, 7) is 6.19. The minimum atomic E-state index is -2.01. The summed E-state index contributed by atoms with van der Waals surface area (Å²) in [5, 5.41) is 0. The molecule has 0 amide bonds. The van der Waals surface area contributed by atoms with E-state index in [-0.39, 0.29) is 5.41 Å². The van der Waals surface area contributed by atoms with Crippen molar-refractivity contribution in [3.63, 3.8) is 0 Å². The Morgan fingerprint density at radius 2 is 1.67 bits per heavy atom.